The number of halogens is 1. The molecule has 0 amide bonds. The summed E-state index contributed by atoms with van der Waals surface area (Å²) >= 11 is 5.87. The summed E-state index contributed by atoms with van der Waals surface area (Å²) in [5, 5.41) is 4.20. The normalized spacial score (nSPS) is 11.1. The lowest BCUT2D eigenvalue weighted by molar-refractivity contribution is -0.107. The number of hydrogen-bond donors (Lipinski definition) is 0. The van der Waals surface area contributed by atoms with Crippen molar-refractivity contribution in [2.45, 2.75) is 20.1 Å². The van der Waals surface area contributed by atoms with Gasteiger partial charge in [0.25, 0.3) is 0 Å². The van der Waals surface area contributed by atoms with Crippen LogP contribution in [0.3, 0.4) is 0 Å². The van der Waals surface area contributed by atoms with Gasteiger partial charge in [-0.2, -0.15) is 5.10 Å². The molecule has 0 radical (unpaired) electrons. The number of aryl methyl sites for hydroxylation is 1. The van der Waals surface area contributed by atoms with Crippen LogP contribution in [0.25, 0.3) is 0 Å². The number of carbonyl (C=O) groups is 1. The van der Waals surface area contributed by atoms with Gasteiger partial charge >= 0.3 is 0 Å². The molecule has 5 nitrogen and oxygen atoms in total. The summed E-state index contributed by atoms with van der Waals surface area (Å²) in [5.41, 5.74) is 0.300. The molecule has 1 heterocycles. The lowest BCUT2D eigenvalue weighted by atomic mass is 10.2. The highest BCUT2D eigenvalue weighted by Crippen LogP contribution is 2.17. The van der Waals surface area contributed by atoms with Crippen LogP contribution < -0.4 is 0 Å². The number of hydrogen-bond acceptors (Lipinski definition) is 4. The Balaban J connectivity index is 2.89. The minimum Gasteiger partial charge on any atom is -0.346 e. The molecule has 6 heteroatoms. The zero-order chi connectivity index (χ0) is 12.1. The summed E-state index contributed by atoms with van der Waals surface area (Å²) in [6.45, 7) is 4.38. The van der Waals surface area contributed by atoms with Gasteiger partial charge in [-0.3, -0.25) is 9.48 Å². The van der Waals surface area contributed by atoms with E-state index >= 15 is 0 Å². The number of Topliss-reactive ketones (excluding diaryl/α,β-unsaturated/α-hetero) is 1. The van der Waals surface area contributed by atoms with E-state index in [1.54, 1.807) is 20.9 Å². The predicted molar refractivity (Wildman–Crippen MR) is 59.6 cm³/mol. The topological polar surface area (TPSA) is 53.4 Å². The first-order valence-corrected chi connectivity index (χ1v) is 5.44. The average Bonchev–Trinajstić information content (AvgIpc) is 2.57. The van der Waals surface area contributed by atoms with Crippen LogP contribution in [-0.2, 0) is 16.5 Å². The smallest absolute Gasteiger partial charge is 0.238 e. The summed E-state index contributed by atoms with van der Waals surface area (Å²) in [7, 11) is 1.65. The summed E-state index contributed by atoms with van der Waals surface area (Å²) in [5.74, 6) is -0.311. The first-order chi connectivity index (χ1) is 7.61. The van der Waals surface area contributed by atoms with E-state index in [2.05, 4.69) is 5.10 Å². The number of ketones is 1. The number of carbonyl (C=O) groups excluding carboxylic acids is 1. The van der Waals surface area contributed by atoms with E-state index in [0.29, 0.717) is 23.9 Å². The molecule has 0 bridgehead atoms. The molecule has 16 heavy (non-hydrogen) atoms. The van der Waals surface area contributed by atoms with Crippen LogP contribution in [0.2, 0.25) is 5.02 Å². The predicted octanol–water partition coefficient (Wildman–Crippen LogP) is 1.66. The highest BCUT2D eigenvalue weighted by molar-refractivity contribution is 6.33. The third-order valence-electron chi connectivity index (χ3n) is 1.98. The molecule has 1 aromatic heterocycles. The Bertz CT molecular complexity index is 339. The molecule has 1 rings (SSSR count). The first kappa shape index (κ1) is 13.2. The molecule has 0 aliphatic heterocycles. The van der Waals surface area contributed by atoms with E-state index in [-0.39, 0.29) is 5.78 Å². The Morgan fingerprint density at radius 1 is 1.50 bits per heavy atom. The number of nitrogens with zero attached hydrogens (tertiary/aromatic N) is 2. The molecule has 0 atom stereocenters. The highest BCUT2D eigenvalue weighted by Gasteiger charge is 2.25. The molecule has 0 saturated heterocycles. The molecule has 0 aliphatic carbocycles. The van der Waals surface area contributed by atoms with Gasteiger partial charge in [0.05, 0.1) is 11.2 Å². The number of ether oxygens (including phenoxy) is 2. The van der Waals surface area contributed by atoms with Gasteiger partial charge < -0.3 is 9.47 Å². The third kappa shape index (κ3) is 2.81. The fourth-order valence-corrected chi connectivity index (χ4v) is 1.56. The van der Waals surface area contributed by atoms with Gasteiger partial charge in [-0.1, -0.05) is 11.6 Å². The lowest BCUT2D eigenvalue weighted by Crippen LogP contribution is -2.29. The van der Waals surface area contributed by atoms with Gasteiger partial charge in [0, 0.05) is 20.3 Å². The second kappa shape index (κ2) is 5.98. The Morgan fingerprint density at radius 3 is 2.44 bits per heavy atom. The molecule has 0 saturated carbocycles. The number of rotatable bonds is 6. The van der Waals surface area contributed by atoms with Crippen LogP contribution in [0.4, 0.5) is 0 Å². The van der Waals surface area contributed by atoms with E-state index in [9.17, 15) is 4.79 Å². The Labute approximate surface area is 99.3 Å². The van der Waals surface area contributed by atoms with Crippen LogP contribution in [0.1, 0.15) is 24.3 Å². The van der Waals surface area contributed by atoms with Crippen molar-refractivity contribution in [1.82, 2.24) is 9.78 Å². The molecule has 0 N–H and O–H groups in total. The summed E-state index contributed by atoms with van der Waals surface area (Å²) in [4.78, 5) is 12.0. The van der Waals surface area contributed by atoms with Crippen molar-refractivity contribution >= 4 is 17.4 Å². The van der Waals surface area contributed by atoms with E-state index in [0.717, 1.165) is 0 Å². The maximum absolute atomic E-state index is 12.0. The Hall–Kier alpha value is -0.910. The van der Waals surface area contributed by atoms with Crippen molar-refractivity contribution in [3.63, 3.8) is 0 Å². The molecule has 0 fully saturated rings. The summed E-state index contributed by atoms with van der Waals surface area (Å²) in [6.07, 6.45) is 0.506. The number of aromatic nitrogens is 2. The van der Waals surface area contributed by atoms with Crippen LogP contribution in [0.15, 0.2) is 6.20 Å². The molecular formula is C10H15ClN2O3. The van der Waals surface area contributed by atoms with Gasteiger partial charge in [0.1, 0.15) is 5.69 Å². The maximum atomic E-state index is 12.0. The van der Waals surface area contributed by atoms with Gasteiger partial charge in [0.15, 0.2) is 0 Å². The fourth-order valence-electron chi connectivity index (χ4n) is 1.30. The molecule has 0 unspecified atom stereocenters. The Kier molecular flexibility index (Phi) is 4.92. The van der Waals surface area contributed by atoms with Crippen molar-refractivity contribution in [3.8, 4) is 0 Å². The molecular weight excluding hydrogens is 232 g/mol. The molecule has 0 spiro atoms. The van der Waals surface area contributed by atoms with Gasteiger partial charge in [0.2, 0.25) is 12.1 Å². The van der Waals surface area contributed by atoms with Crippen molar-refractivity contribution in [3.05, 3.63) is 16.9 Å². The highest BCUT2D eigenvalue weighted by atomic mass is 35.5. The Morgan fingerprint density at radius 2 is 2.06 bits per heavy atom. The van der Waals surface area contributed by atoms with E-state index < -0.39 is 6.29 Å². The average molecular weight is 247 g/mol. The maximum Gasteiger partial charge on any atom is 0.238 e. The SMILES string of the molecule is CCOC(OCC)C(=O)c1c(Cl)cnn1C. The fraction of sp³-hybridized carbons (Fsp3) is 0.600. The van der Waals surface area contributed by atoms with Crippen LogP contribution in [0, 0.1) is 0 Å². The van der Waals surface area contributed by atoms with E-state index in [4.69, 9.17) is 21.1 Å². The van der Waals surface area contributed by atoms with Crippen LogP contribution in [-0.4, -0.2) is 35.1 Å². The largest absolute Gasteiger partial charge is 0.346 e. The lowest BCUT2D eigenvalue weighted by Gasteiger charge is -2.15. The zero-order valence-corrected chi connectivity index (χ0v) is 10.3. The third-order valence-corrected chi connectivity index (χ3v) is 2.25. The first-order valence-electron chi connectivity index (χ1n) is 5.06. The van der Waals surface area contributed by atoms with Gasteiger partial charge in [-0.25, -0.2) is 0 Å². The second-order valence-electron chi connectivity index (χ2n) is 3.07. The van der Waals surface area contributed by atoms with Crippen molar-refractivity contribution in [2.75, 3.05) is 13.2 Å². The minimum atomic E-state index is -0.914. The molecule has 0 aromatic carbocycles. The van der Waals surface area contributed by atoms with Crippen molar-refractivity contribution in [2.24, 2.45) is 7.05 Å². The standard InChI is InChI=1S/C10H15ClN2O3/c1-4-15-10(16-5-2)9(14)8-7(11)6-12-13(8)3/h6,10H,4-5H2,1-3H3. The molecule has 90 valence electrons. The van der Waals surface area contributed by atoms with Gasteiger partial charge in [-0.05, 0) is 13.8 Å². The van der Waals surface area contributed by atoms with Crippen LogP contribution >= 0.6 is 11.6 Å². The molecule has 1 aromatic rings. The zero-order valence-electron chi connectivity index (χ0n) is 9.57. The monoisotopic (exact) mass is 246 g/mol. The van der Waals surface area contributed by atoms with Gasteiger partial charge in [-0.15, -0.1) is 0 Å². The summed E-state index contributed by atoms with van der Waals surface area (Å²) in [6, 6.07) is 0. The van der Waals surface area contributed by atoms with Crippen LogP contribution in [0.5, 0.6) is 0 Å². The van der Waals surface area contributed by atoms with Crippen molar-refractivity contribution < 1.29 is 14.3 Å². The molecule has 0 aliphatic rings. The van der Waals surface area contributed by atoms with E-state index in [1.165, 1.54) is 10.9 Å². The summed E-state index contributed by atoms with van der Waals surface area (Å²) < 4.78 is 11.8. The minimum absolute atomic E-state index is 0.300. The van der Waals surface area contributed by atoms with E-state index in [1.807, 2.05) is 0 Å². The quantitative estimate of drug-likeness (QED) is 0.566. The second-order valence-corrected chi connectivity index (χ2v) is 3.48. The van der Waals surface area contributed by atoms with Crippen molar-refractivity contribution in [1.29, 1.82) is 0 Å².